The summed E-state index contributed by atoms with van der Waals surface area (Å²) >= 11 is 0. The second-order valence-electron chi connectivity index (χ2n) is 7.69. The third-order valence-corrected chi connectivity index (χ3v) is 4.91. The highest BCUT2D eigenvalue weighted by Gasteiger charge is 2.25. The SMILES string of the molecule is Cc1cc(C)cc(NC(=O)N2CCC(N(C)CCC(C)C)CC2)c1. The Labute approximate surface area is 147 Å². The van der Waals surface area contributed by atoms with Crippen LogP contribution in [-0.2, 0) is 0 Å². The summed E-state index contributed by atoms with van der Waals surface area (Å²) in [5.74, 6) is 0.746. The van der Waals surface area contributed by atoms with Crippen molar-refractivity contribution in [1.82, 2.24) is 9.80 Å². The van der Waals surface area contributed by atoms with Gasteiger partial charge in [0.05, 0.1) is 0 Å². The van der Waals surface area contributed by atoms with E-state index < -0.39 is 0 Å². The fourth-order valence-electron chi connectivity index (χ4n) is 3.40. The van der Waals surface area contributed by atoms with Crippen LogP contribution >= 0.6 is 0 Å². The molecule has 24 heavy (non-hydrogen) atoms. The largest absolute Gasteiger partial charge is 0.324 e. The van der Waals surface area contributed by atoms with Gasteiger partial charge in [-0.2, -0.15) is 0 Å². The zero-order valence-electron chi connectivity index (χ0n) is 15.9. The van der Waals surface area contributed by atoms with E-state index in [1.807, 2.05) is 17.0 Å². The summed E-state index contributed by atoms with van der Waals surface area (Å²) in [6.45, 7) is 11.5. The fraction of sp³-hybridized carbons (Fsp3) is 0.650. The molecule has 0 aromatic heterocycles. The lowest BCUT2D eigenvalue weighted by Gasteiger charge is -2.37. The number of hydrogen-bond donors (Lipinski definition) is 1. The maximum Gasteiger partial charge on any atom is 0.321 e. The molecule has 1 heterocycles. The minimum Gasteiger partial charge on any atom is -0.324 e. The zero-order valence-corrected chi connectivity index (χ0v) is 15.9. The highest BCUT2D eigenvalue weighted by atomic mass is 16.2. The average Bonchev–Trinajstić information content (AvgIpc) is 2.51. The van der Waals surface area contributed by atoms with E-state index in [1.54, 1.807) is 0 Å². The quantitative estimate of drug-likeness (QED) is 0.874. The summed E-state index contributed by atoms with van der Waals surface area (Å²) < 4.78 is 0. The molecule has 0 radical (unpaired) electrons. The minimum atomic E-state index is 0.0308. The summed E-state index contributed by atoms with van der Waals surface area (Å²) in [4.78, 5) is 16.9. The van der Waals surface area contributed by atoms with E-state index in [4.69, 9.17) is 0 Å². The van der Waals surface area contributed by atoms with E-state index in [0.717, 1.165) is 44.1 Å². The third-order valence-electron chi connectivity index (χ3n) is 4.91. The van der Waals surface area contributed by atoms with Crippen molar-refractivity contribution < 1.29 is 4.79 Å². The Morgan fingerprint density at radius 2 is 1.79 bits per heavy atom. The molecule has 1 aromatic rings. The number of aryl methyl sites for hydroxylation is 2. The lowest BCUT2D eigenvalue weighted by Crippen LogP contribution is -2.47. The monoisotopic (exact) mass is 331 g/mol. The van der Waals surface area contributed by atoms with Gasteiger partial charge in [-0.05, 0) is 75.9 Å². The highest BCUT2D eigenvalue weighted by Crippen LogP contribution is 2.19. The summed E-state index contributed by atoms with van der Waals surface area (Å²) in [7, 11) is 2.22. The maximum absolute atomic E-state index is 12.5. The van der Waals surface area contributed by atoms with Gasteiger partial charge in [-0.15, -0.1) is 0 Å². The van der Waals surface area contributed by atoms with E-state index >= 15 is 0 Å². The Kier molecular flexibility index (Phi) is 6.67. The molecule has 0 saturated carbocycles. The summed E-state index contributed by atoms with van der Waals surface area (Å²) in [5, 5.41) is 3.05. The van der Waals surface area contributed by atoms with E-state index in [0.29, 0.717) is 6.04 Å². The number of carbonyl (C=O) groups is 1. The van der Waals surface area contributed by atoms with Crippen molar-refractivity contribution in [3.8, 4) is 0 Å². The Morgan fingerprint density at radius 3 is 2.33 bits per heavy atom. The second kappa shape index (κ2) is 8.52. The molecule has 4 nitrogen and oxygen atoms in total. The van der Waals surface area contributed by atoms with Crippen molar-refractivity contribution in [2.75, 3.05) is 32.0 Å². The Morgan fingerprint density at radius 1 is 1.21 bits per heavy atom. The number of rotatable bonds is 5. The van der Waals surface area contributed by atoms with Crippen molar-refractivity contribution in [1.29, 1.82) is 0 Å². The van der Waals surface area contributed by atoms with Crippen molar-refractivity contribution in [3.63, 3.8) is 0 Å². The number of benzene rings is 1. The Bertz CT molecular complexity index is 528. The highest BCUT2D eigenvalue weighted by molar-refractivity contribution is 5.89. The molecule has 2 amide bonds. The van der Waals surface area contributed by atoms with Gasteiger partial charge in [0.1, 0.15) is 0 Å². The molecule has 0 aliphatic carbocycles. The number of hydrogen-bond acceptors (Lipinski definition) is 2. The Hall–Kier alpha value is -1.55. The lowest BCUT2D eigenvalue weighted by molar-refractivity contribution is 0.137. The molecular weight excluding hydrogens is 298 g/mol. The number of anilines is 1. The van der Waals surface area contributed by atoms with Crippen molar-refractivity contribution in [2.45, 2.75) is 53.0 Å². The van der Waals surface area contributed by atoms with Gasteiger partial charge in [-0.25, -0.2) is 4.79 Å². The van der Waals surface area contributed by atoms with Crippen LogP contribution in [0, 0.1) is 19.8 Å². The molecule has 2 rings (SSSR count). The average molecular weight is 332 g/mol. The van der Waals surface area contributed by atoms with Crippen molar-refractivity contribution in [3.05, 3.63) is 29.3 Å². The molecule has 0 unspecified atom stereocenters. The van der Waals surface area contributed by atoms with Crippen molar-refractivity contribution >= 4 is 11.7 Å². The summed E-state index contributed by atoms with van der Waals surface area (Å²) in [6, 6.07) is 6.81. The van der Waals surface area contributed by atoms with Gasteiger partial charge in [0.25, 0.3) is 0 Å². The molecule has 1 aromatic carbocycles. The first-order valence-corrected chi connectivity index (χ1v) is 9.19. The predicted molar refractivity (Wildman–Crippen MR) is 102 cm³/mol. The van der Waals surface area contributed by atoms with Crippen LogP contribution in [0.15, 0.2) is 18.2 Å². The van der Waals surface area contributed by atoms with Gasteiger partial charge in [-0.1, -0.05) is 19.9 Å². The number of piperidine rings is 1. The number of nitrogens with one attached hydrogen (secondary N) is 1. The number of carbonyl (C=O) groups excluding carboxylic acids is 1. The Balaban J connectivity index is 1.82. The molecule has 1 saturated heterocycles. The third kappa shape index (κ3) is 5.52. The predicted octanol–water partition coefficient (Wildman–Crippen LogP) is 4.28. The summed E-state index contributed by atoms with van der Waals surface area (Å²) in [5.41, 5.74) is 3.25. The molecule has 134 valence electrons. The molecular formula is C20H33N3O. The first-order valence-electron chi connectivity index (χ1n) is 9.19. The van der Waals surface area contributed by atoms with Crippen LogP contribution in [0.4, 0.5) is 10.5 Å². The topological polar surface area (TPSA) is 35.6 Å². The number of urea groups is 1. The van der Waals surface area contributed by atoms with Crippen LogP contribution in [0.2, 0.25) is 0 Å². The van der Waals surface area contributed by atoms with E-state index in [2.05, 4.69) is 51.0 Å². The van der Waals surface area contributed by atoms with E-state index in [9.17, 15) is 4.79 Å². The van der Waals surface area contributed by atoms with Gasteiger partial charge in [0.15, 0.2) is 0 Å². The normalized spacial score (nSPS) is 16.0. The standard InChI is InChI=1S/C20H33N3O/c1-15(2)6-9-22(5)19-7-10-23(11-8-19)20(24)21-18-13-16(3)12-17(4)14-18/h12-15,19H,6-11H2,1-5H3,(H,21,24). The van der Waals surface area contributed by atoms with E-state index in [1.165, 1.54) is 17.5 Å². The minimum absolute atomic E-state index is 0.0308. The molecule has 0 spiro atoms. The molecule has 0 atom stereocenters. The van der Waals surface area contributed by atoms with Crippen molar-refractivity contribution in [2.24, 2.45) is 5.92 Å². The molecule has 4 heteroatoms. The molecule has 1 fully saturated rings. The van der Waals surface area contributed by atoms with Gasteiger partial charge < -0.3 is 15.1 Å². The first kappa shape index (κ1) is 18.8. The lowest BCUT2D eigenvalue weighted by atomic mass is 10.0. The summed E-state index contributed by atoms with van der Waals surface area (Å²) in [6.07, 6.45) is 3.37. The van der Waals surface area contributed by atoms with Crippen LogP contribution in [0.25, 0.3) is 0 Å². The fourth-order valence-corrected chi connectivity index (χ4v) is 3.40. The number of amides is 2. The smallest absolute Gasteiger partial charge is 0.321 e. The van der Waals surface area contributed by atoms with Crippen LogP contribution in [-0.4, -0.2) is 48.6 Å². The van der Waals surface area contributed by atoms with Gasteiger partial charge >= 0.3 is 6.03 Å². The van der Waals surface area contributed by atoms with Crippen LogP contribution in [0.5, 0.6) is 0 Å². The molecule has 1 aliphatic heterocycles. The number of likely N-dealkylation sites (tertiary alicyclic amines) is 1. The number of nitrogens with zero attached hydrogens (tertiary/aromatic N) is 2. The van der Waals surface area contributed by atoms with Gasteiger partial charge in [0.2, 0.25) is 0 Å². The maximum atomic E-state index is 12.5. The van der Waals surface area contributed by atoms with E-state index in [-0.39, 0.29) is 6.03 Å². The molecule has 1 aliphatic rings. The van der Waals surface area contributed by atoms with Crippen LogP contribution in [0.1, 0.15) is 44.2 Å². The molecule has 1 N–H and O–H groups in total. The zero-order chi connectivity index (χ0) is 17.7. The first-order chi connectivity index (χ1) is 11.3. The van der Waals surface area contributed by atoms with Gasteiger partial charge in [-0.3, -0.25) is 0 Å². The van der Waals surface area contributed by atoms with Gasteiger partial charge in [0, 0.05) is 24.8 Å². The van der Waals surface area contributed by atoms with Crippen LogP contribution < -0.4 is 5.32 Å². The van der Waals surface area contributed by atoms with Crippen LogP contribution in [0.3, 0.4) is 0 Å². The second-order valence-corrected chi connectivity index (χ2v) is 7.69. The molecule has 0 bridgehead atoms.